The number of hydrogen-bond donors (Lipinski definition) is 2. The van der Waals surface area contributed by atoms with Crippen molar-refractivity contribution in [2.24, 2.45) is 0 Å². The van der Waals surface area contributed by atoms with Gasteiger partial charge in [0.05, 0.1) is 11.8 Å². The topological polar surface area (TPSA) is 38.3 Å². The summed E-state index contributed by atoms with van der Waals surface area (Å²) in [6.07, 6.45) is 0.908. The van der Waals surface area contributed by atoms with Crippen LogP contribution in [-0.4, -0.2) is 23.8 Å². The minimum absolute atomic E-state index is 0.0495. The van der Waals surface area contributed by atoms with Gasteiger partial charge in [-0.2, -0.15) is 12.6 Å². The molecule has 1 aromatic rings. The Balaban J connectivity index is 1.86. The highest BCUT2D eigenvalue weighted by molar-refractivity contribution is 7.81. The van der Waals surface area contributed by atoms with Crippen molar-refractivity contribution in [3.8, 4) is 5.75 Å². The predicted octanol–water partition coefficient (Wildman–Crippen LogP) is 1.42. The summed E-state index contributed by atoms with van der Waals surface area (Å²) >= 11 is 4.07. The molecule has 0 aromatic heterocycles. The van der Waals surface area contributed by atoms with Crippen LogP contribution in [0.2, 0.25) is 0 Å². The van der Waals surface area contributed by atoms with Crippen molar-refractivity contribution < 1.29 is 9.53 Å². The minimum Gasteiger partial charge on any atom is -0.488 e. The van der Waals surface area contributed by atoms with Crippen LogP contribution >= 0.6 is 12.6 Å². The van der Waals surface area contributed by atoms with Crippen LogP contribution in [0.3, 0.4) is 0 Å². The molecule has 2 atom stereocenters. The molecule has 3 nitrogen and oxygen atoms in total. The molecule has 1 heterocycles. The Labute approximate surface area is 101 Å². The maximum absolute atomic E-state index is 11.3. The fraction of sp³-hybridized carbons (Fsp3) is 0.417. The first-order chi connectivity index (χ1) is 7.66. The van der Waals surface area contributed by atoms with Gasteiger partial charge in [0.15, 0.2) is 0 Å². The number of nitrogens with one attached hydrogen (secondary N) is 1. The molecule has 1 aromatic carbocycles. The zero-order valence-corrected chi connectivity index (χ0v) is 10.0. The van der Waals surface area contributed by atoms with Gasteiger partial charge in [0.2, 0.25) is 5.91 Å². The molecule has 0 fully saturated rings. The Hall–Kier alpha value is -1.16. The fourth-order valence-electron chi connectivity index (χ4n) is 1.73. The van der Waals surface area contributed by atoms with Crippen molar-refractivity contribution in [1.82, 2.24) is 5.32 Å². The maximum Gasteiger partial charge on any atom is 0.232 e. The third-order valence-electron chi connectivity index (χ3n) is 2.60. The summed E-state index contributed by atoms with van der Waals surface area (Å²) in [5.41, 5.74) is 1.21. The van der Waals surface area contributed by atoms with Crippen molar-refractivity contribution in [2.45, 2.75) is 24.7 Å². The van der Waals surface area contributed by atoms with Gasteiger partial charge in [0, 0.05) is 6.42 Å². The Kier molecular flexibility index (Phi) is 3.39. The first-order valence-electron chi connectivity index (χ1n) is 5.37. The second-order valence-electron chi connectivity index (χ2n) is 3.97. The lowest BCUT2D eigenvalue weighted by Gasteiger charge is -2.12. The number of thiol groups is 1. The largest absolute Gasteiger partial charge is 0.488 e. The van der Waals surface area contributed by atoms with Gasteiger partial charge in [-0.05, 0) is 18.6 Å². The normalized spacial score (nSPS) is 19.8. The molecule has 0 saturated carbocycles. The summed E-state index contributed by atoms with van der Waals surface area (Å²) < 4.78 is 5.70. The van der Waals surface area contributed by atoms with Gasteiger partial charge in [-0.1, -0.05) is 18.2 Å². The Morgan fingerprint density at radius 2 is 2.38 bits per heavy atom. The average molecular weight is 237 g/mol. The number of carbonyl (C=O) groups excluding carboxylic acids is 1. The van der Waals surface area contributed by atoms with E-state index in [0.29, 0.717) is 6.54 Å². The molecule has 4 heteroatoms. The SMILES string of the molecule is CC(S)C(=O)NCC1Cc2ccccc2O1. The van der Waals surface area contributed by atoms with Crippen molar-refractivity contribution in [3.63, 3.8) is 0 Å². The first kappa shape index (κ1) is 11.3. The Bertz CT molecular complexity index is 367. The molecule has 0 radical (unpaired) electrons. The van der Waals surface area contributed by atoms with Crippen LogP contribution in [-0.2, 0) is 11.2 Å². The van der Waals surface area contributed by atoms with Crippen LogP contribution in [0.4, 0.5) is 0 Å². The molecular weight excluding hydrogens is 222 g/mol. The molecule has 0 saturated heterocycles. The van der Waals surface area contributed by atoms with Gasteiger partial charge in [0.25, 0.3) is 0 Å². The summed E-state index contributed by atoms with van der Waals surface area (Å²) in [5.74, 6) is 0.878. The summed E-state index contributed by atoms with van der Waals surface area (Å²) in [5, 5.41) is 2.54. The summed E-state index contributed by atoms with van der Waals surface area (Å²) in [4.78, 5) is 11.3. The monoisotopic (exact) mass is 237 g/mol. The van der Waals surface area contributed by atoms with Crippen LogP contribution < -0.4 is 10.1 Å². The highest BCUT2D eigenvalue weighted by atomic mass is 32.1. The van der Waals surface area contributed by atoms with Crippen LogP contribution in [0.15, 0.2) is 24.3 Å². The smallest absolute Gasteiger partial charge is 0.232 e. The number of para-hydroxylation sites is 1. The van der Waals surface area contributed by atoms with E-state index in [-0.39, 0.29) is 17.3 Å². The molecule has 0 spiro atoms. The van der Waals surface area contributed by atoms with Gasteiger partial charge >= 0.3 is 0 Å². The van der Waals surface area contributed by atoms with E-state index < -0.39 is 0 Å². The highest BCUT2D eigenvalue weighted by Gasteiger charge is 2.22. The van der Waals surface area contributed by atoms with Crippen LogP contribution in [0.1, 0.15) is 12.5 Å². The molecular formula is C12H15NO2S. The number of ether oxygens (including phenoxy) is 1. The van der Waals surface area contributed by atoms with Gasteiger partial charge in [-0.25, -0.2) is 0 Å². The Morgan fingerprint density at radius 3 is 3.06 bits per heavy atom. The predicted molar refractivity (Wildman–Crippen MR) is 66.0 cm³/mol. The van der Waals surface area contributed by atoms with E-state index in [1.807, 2.05) is 18.2 Å². The molecule has 1 N–H and O–H groups in total. The lowest BCUT2D eigenvalue weighted by molar-refractivity contribution is -0.120. The van der Waals surface area contributed by atoms with E-state index in [1.165, 1.54) is 5.56 Å². The van der Waals surface area contributed by atoms with Crippen LogP contribution in [0.5, 0.6) is 5.75 Å². The number of rotatable bonds is 3. The molecule has 2 unspecified atom stereocenters. The van der Waals surface area contributed by atoms with Crippen molar-refractivity contribution >= 4 is 18.5 Å². The van der Waals surface area contributed by atoms with Crippen molar-refractivity contribution in [1.29, 1.82) is 0 Å². The molecule has 0 aliphatic carbocycles. The molecule has 16 heavy (non-hydrogen) atoms. The fourth-order valence-corrected chi connectivity index (χ4v) is 1.82. The van der Waals surface area contributed by atoms with Gasteiger partial charge in [-0.3, -0.25) is 4.79 Å². The zero-order valence-electron chi connectivity index (χ0n) is 9.14. The first-order valence-corrected chi connectivity index (χ1v) is 5.89. The molecule has 86 valence electrons. The van der Waals surface area contributed by atoms with E-state index in [2.05, 4.69) is 24.0 Å². The number of benzene rings is 1. The molecule has 1 aliphatic heterocycles. The third-order valence-corrected chi connectivity index (χ3v) is 2.83. The summed E-state index contributed by atoms with van der Waals surface area (Å²) in [6.45, 7) is 2.29. The molecule has 1 amide bonds. The van der Waals surface area contributed by atoms with Gasteiger partial charge in [-0.15, -0.1) is 0 Å². The molecule has 0 bridgehead atoms. The Morgan fingerprint density at radius 1 is 1.62 bits per heavy atom. The van der Waals surface area contributed by atoms with E-state index in [9.17, 15) is 4.79 Å². The molecule has 1 aliphatic rings. The van der Waals surface area contributed by atoms with Gasteiger partial charge in [0.1, 0.15) is 11.9 Å². The number of amides is 1. The standard InChI is InChI=1S/C12H15NO2S/c1-8(16)12(14)13-7-10-6-9-4-2-3-5-11(9)15-10/h2-5,8,10,16H,6-7H2,1H3,(H,13,14). The quantitative estimate of drug-likeness (QED) is 0.780. The minimum atomic E-state index is -0.274. The van der Waals surface area contributed by atoms with E-state index >= 15 is 0 Å². The molecule has 2 rings (SSSR count). The van der Waals surface area contributed by atoms with E-state index in [1.54, 1.807) is 6.92 Å². The van der Waals surface area contributed by atoms with Crippen molar-refractivity contribution in [2.75, 3.05) is 6.54 Å². The van der Waals surface area contributed by atoms with Crippen molar-refractivity contribution in [3.05, 3.63) is 29.8 Å². The van der Waals surface area contributed by atoms with Crippen LogP contribution in [0.25, 0.3) is 0 Å². The summed E-state index contributed by atoms with van der Waals surface area (Å²) in [6, 6.07) is 7.96. The lowest BCUT2D eigenvalue weighted by atomic mass is 10.1. The second kappa shape index (κ2) is 4.78. The third kappa shape index (κ3) is 2.50. The number of hydrogen-bond acceptors (Lipinski definition) is 3. The summed E-state index contributed by atoms with van der Waals surface area (Å²) in [7, 11) is 0. The second-order valence-corrected chi connectivity index (χ2v) is 4.75. The number of fused-ring (bicyclic) bond motifs is 1. The average Bonchev–Trinajstić information content (AvgIpc) is 2.68. The maximum atomic E-state index is 11.3. The highest BCUT2D eigenvalue weighted by Crippen LogP contribution is 2.27. The van der Waals surface area contributed by atoms with E-state index in [0.717, 1.165) is 12.2 Å². The lowest BCUT2D eigenvalue weighted by Crippen LogP contribution is -2.37. The zero-order chi connectivity index (χ0) is 11.5. The number of carbonyl (C=O) groups is 1. The van der Waals surface area contributed by atoms with Crippen LogP contribution in [0, 0.1) is 0 Å². The van der Waals surface area contributed by atoms with E-state index in [4.69, 9.17) is 4.74 Å². The van der Waals surface area contributed by atoms with Gasteiger partial charge < -0.3 is 10.1 Å².